The molecule has 19 heavy (non-hydrogen) atoms. The van der Waals surface area contributed by atoms with E-state index in [-0.39, 0.29) is 11.3 Å². The molecule has 1 aromatic rings. The fourth-order valence-corrected chi connectivity index (χ4v) is 2.56. The van der Waals surface area contributed by atoms with Crippen LogP contribution in [-0.2, 0) is 11.3 Å². The van der Waals surface area contributed by atoms with Gasteiger partial charge in [0, 0.05) is 11.0 Å². The van der Waals surface area contributed by atoms with Crippen LogP contribution in [0.4, 0.5) is 0 Å². The quantitative estimate of drug-likeness (QED) is 0.843. The van der Waals surface area contributed by atoms with E-state index in [0.717, 1.165) is 32.7 Å². The maximum atomic E-state index is 12.2. The molecule has 0 radical (unpaired) electrons. The molecule has 1 amide bonds. The Morgan fingerprint density at radius 3 is 2.26 bits per heavy atom. The van der Waals surface area contributed by atoms with Crippen LogP contribution in [0, 0.1) is 5.41 Å². The normalized spacial score (nSPS) is 17.5. The summed E-state index contributed by atoms with van der Waals surface area (Å²) in [4.78, 5) is 15.8. The Morgan fingerprint density at radius 2 is 1.74 bits per heavy atom. The summed E-state index contributed by atoms with van der Waals surface area (Å²) in [6.45, 7) is 10.9. The molecule has 1 heterocycles. The Morgan fingerprint density at radius 1 is 1.16 bits per heavy atom. The minimum absolute atomic E-state index is 0.253. The van der Waals surface area contributed by atoms with Gasteiger partial charge in [-0.25, -0.2) is 0 Å². The number of hydrogen-bond donors (Lipinski definition) is 1. The number of hydrogen-bond acceptors (Lipinski definition) is 1. The zero-order chi connectivity index (χ0) is 13.9. The molecule has 1 aliphatic heterocycles. The number of nitrogens with zero attached hydrogens (tertiary/aromatic N) is 1. The molecule has 0 atom stereocenters. The molecule has 0 saturated carbocycles. The van der Waals surface area contributed by atoms with Crippen molar-refractivity contribution >= 4 is 5.91 Å². The van der Waals surface area contributed by atoms with Gasteiger partial charge in [-0.2, -0.15) is 0 Å². The summed E-state index contributed by atoms with van der Waals surface area (Å²) in [6.07, 6.45) is 0. The summed E-state index contributed by atoms with van der Waals surface area (Å²) in [6, 6.07) is 10.6. The van der Waals surface area contributed by atoms with Crippen molar-refractivity contribution in [2.75, 3.05) is 26.2 Å². The number of carbonyl (C=O) groups excluding carboxylic acids is 1. The van der Waals surface area contributed by atoms with Gasteiger partial charge in [0.05, 0.1) is 26.2 Å². The lowest BCUT2D eigenvalue weighted by Gasteiger charge is -2.35. The van der Waals surface area contributed by atoms with Crippen molar-refractivity contribution in [3.63, 3.8) is 0 Å². The SMILES string of the molecule is CC(C)(C)C(=O)N1CC[NH+](Cc2ccccc2)CC1. The monoisotopic (exact) mass is 261 g/mol. The van der Waals surface area contributed by atoms with E-state index in [4.69, 9.17) is 0 Å². The molecule has 0 unspecified atom stereocenters. The minimum atomic E-state index is -0.253. The molecule has 104 valence electrons. The molecule has 1 aromatic carbocycles. The summed E-state index contributed by atoms with van der Waals surface area (Å²) in [7, 11) is 0. The van der Waals surface area contributed by atoms with Gasteiger partial charge in [-0.3, -0.25) is 4.79 Å². The highest BCUT2D eigenvalue weighted by Crippen LogP contribution is 2.17. The van der Waals surface area contributed by atoms with Crippen molar-refractivity contribution in [1.29, 1.82) is 0 Å². The van der Waals surface area contributed by atoms with E-state index in [0.29, 0.717) is 0 Å². The molecule has 2 rings (SSSR count). The first-order valence-electron chi connectivity index (χ1n) is 7.14. The van der Waals surface area contributed by atoms with E-state index >= 15 is 0 Å². The van der Waals surface area contributed by atoms with E-state index in [1.807, 2.05) is 25.7 Å². The molecule has 1 N–H and O–H groups in total. The van der Waals surface area contributed by atoms with Gasteiger partial charge in [0.15, 0.2) is 0 Å². The Bertz CT molecular complexity index is 414. The van der Waals surface area contributed by atoms with Crippen LogP contribution >= 0.6 is 0 Å². The molecule has 0 aromatic heterocycles. The number of amides is 1. The topological polar surface area (TPSA) is 24.8 Å². The first-order valence-corrected chi connectivity index (χ1v) is 7.14. The van der Waals surface area contributed by atoms with E-state index in [9.17, 15) is 4.79 Å². The first-order chi connectivity index (χ1) is 8.97. The number of benzene rings is 1. The van der Waals surface area contributed by atoms with Crippen molar-refractivity contribution in [3.8, 4) is 0 Å². The lowest BCUT2D eigenvalue weighted by molar-refractivity contribution is -0.917. The smallest absolute Gasteiger partial charge is 0.228 e. The van der Waals surface area contributed by atoms with Gasteiger partial charge < -0.3 is 9.80 Å². The standard InChI is InChI=1S/C16H24N2O/c1-16(2,3)15(19)18-11-9-17(10-12-18)13-14-7-5-4-6-8-14/h4-8H,9-13H2,1-3H3/p+1. The molecule has 0 spiro atoms. The van der Waals surface area contributed by atoms with Crippen LogP contribution in [0.2, 0.25) is 0 Å². The minimum Gasteiger partial charge on any atom is -0.331 e. The van der Waals surface area contributed by atoms with Crippen molar-refractivity contribution in [2.24, 2.45) is 5.41 Å². The summed E-state index contributed by atoms with van der Waals surface area (Å²) >= 11 is 0. The third kappa shape index (κ3) is 3.80. The zero-order valence-corrected chi connectivity index (χ0v) is 12.3. The third-order valence-corrected chi connectivity index (χ3v) is 3.70. The average molecular weight is 261 g/mol. The highest BCUT2D eigenvalue weighted by molar-refractivity contribution is 5.81. The molecule has 1 saturated heterocycles. The summed E-state index contributed by atoms with van der Waals surface area (Å²) in [5.74, 6) is 0.284. The van der Waals surface area contributed by atoms with Crippen LogP contribution < -0.4 is 4.90 Å². The van der Waals surface area contributed by atoms with E-state index in [2.05, 4.69) is 30.3 Å². The lowest BCUT2D eigenvalue weighted by atomic mass is 9.94. The molecule has 0 aliphatic carbocycles. The molecular weight excluding hydrogens is 236 g/mol. The first kappa shape index (κ1) is 14.1. The van der Waals surface area contributed by atoms with Gasteiger partial charge in [-0.05, 0) is 0 Å². The van der Waals surface area contributed by atoms with Crippen molar-refractivity contribution in [3.05, 3.63) is 35.9 Å². The summed E-state index contributed by atoms with van der Waals surface area (Å²) < 4.78 is 0. The number of nitrogens with one attached hydrogen (secondary N) is 1. The fourth-order valence-electron chi connectivity index (χ4n) is 2.56. The highest BCUT2D eigenvalue weighted by atomic mass is 16.2. The van der Waals surface area contributed by atoms with Crippen LogP contribution in [0.5, 0.6) is 0 Å². The Balaban J connectivity index is 1.85. The van der Waals surface area contributed by atoms with Gasteiger partial charge in [0.2, 0.25) is 5.91 Å². The Hall–Kier alpha value is -1.35. The number of rotatable bonds is 2. The Labute approximate surface area is 116 Å². The molecule has 3 nitrogen and oxygen atoms in total. The summed E-state index contributed by atoms with van der Waals surface area (Å²) in [5, 5.41) is 0. The number of carbonyl (C=O) groups is 1. The third-order valence-electron chi connectivity index (χ3n) is 3.70. The highest BCUT2D eigenvalue weighted by Gasteiger charge is 2.30. The molecule has 3 heteroatoms. The zero-order valence-electron chi connectivity index (χ0n) is 12.3. The summed E-state index contributed by atoms with van der Waals surface area (Å²) in [5.41, 5.74) is 1.13. The fraction of sp³-hybridized carbons (Fsp3) is 0.562. The predicted octanol–water partition coefficient (Wildman–Crippen LogP) is 0.960. The van der Waals surface area contributed by atoms with Gasteiger partial charge in [-0.1, -0.05) is 51.1 Å². The predicted molar refractivity (Wildman–Crippen MR) is 76.9 cm³/mol. The van der Waals surface area contributed by atoms with Crippen LogP contribution in [0.1, 0.15) is 26.3 Å². The van der Waals surface area contributed by atoms with E-state index in [1.54, 1.807) is 4.90 Å². The second kappa shape index (κ2) is 5.74. The second-order valence-corrected chi connectivity index (χ2v) is 6.45. The van der Waals surface area contributed by atoms with Crippen LogP contribution in [-0.4, -0.2) is 37.0 Å². The van der Waals surface area contributed by atoms with Crippen LogP contribution in [0.25, 0.3) is 0 Å². The molecule has 1 fully saturated rings. The molecule has 1 aliphatic rings. The van der Waals surface area contributed by atoms with Gasteiger partial charge in [-0.15, -0.1) is 0 Å². The lowest BCUT2D eigenvalue weighted by Crippen LogP contribution is -3.13. The molecule has 0 bridgehead atoms. The number of quaternary nitrogens is 1. The largest absolute Gasteiger partial charge is 0.331 e. The van der Waals surface area contributed by atoms with Gasteiger partial charge in [0.1, 0.15) is 6.54 Å². The Kier molecular flexibility index (Phi) is 4.25. The van der Waals surface area contributed by atoms with Gasteiger partial charge in [0.25, 0.3) is 0 Å². The molecular formula is C16H25N2O+. The van der Waals surface area contributed by atoms with Crippen LogP contribution in [0.15, 0.2) is 30.3 Å². The van der Waals surface area contributed by atoms with Gasteiger partial charge >= 0.3 is 0 Å². The van der Waals surface area contributed by atoms with Crippen molar-refractivity contribution in [2.45, 2.75) is 27.3 Å². The van der Waals surface area contributed by atoms with Crippen molar-refractivity contribution < 1.29 is 9.69 Å². The maximum Gasteiger partial charge on any atom is 0.228 e. The van der Waals surface area contributed by atoms with Crippen molar-refractivity contribution in [1.82, 2.24) is 4.90 Å². The maximum absolute atomic E-state index is 12.2. The van der Waals surface area contributed by atoms with E-state index < -0.39 is 0 Å². The average Bonchev–Trinajstić information content (AvgIpc) is 2.39. The van der Waals surface area contributed by atoms with Crippen LogP contribution in [0.3, 0.4) is 0 Å². The number of piperazine rings is 1. The second-order valence-electron chi connectivity index (χ2n) is 6.45. The van der Waals surface area contributed by atoms with E-state index in [1.165, 1.54) is 5.56 Å².